The van der Waals surface area contributed by atoms with Crippen molar-refractivity contribution in [2.24, 2.45) is 9.98 Å². The van der Waals surface area contributed by atoms with Crippen molar-refractivity contribution >= 4 is 22.8 Å². The minimum absolute atomic E-state index is 0. The van der Waals surface area contributed by atoms with Gasteiger partial charge in [-0.15, -0.1) is 11.5 Å². The number of rotatable bonds is 5. The monoisotopic (exact) mass is 929 g/mol. The smallest absolute Gasteiger partial charge is 0.873 e. The third kappa shape index (κ3) is 12.5. The molecule has 0 unspecified atom stereocenters. The van der Waals surface area contributed by atoms with Crippen molar-refractivity contribution in [3.8, 4) is 34.5 Å². The summed E-state index contributed by atoms with van der Waals surface area (Å²) >= 11 is 0. The van der Waals surface area contributed by atoms with Gasteiger partial charge in [-0.05, 0) is 109 Å². The minimum atomic E-state index is -0.579. The van der Waals surface area contributed by atoms with E-state index in [9.17, 15) is 10.2 Å². The quantitative estimate of drug-likeness (QED) is 0.130. The zero-order valence-electron chi connectivity index (χ0n) is 44.6. The second-order valence-electron chi connectivity index (χ2n) is 24.8. The Kier molecular flexibility index (Phi) is 16.4. The topological polar surface area (TPSA) is 89.3 Å². The van der Waals surface area contributed by atoms with Gasteiger partial charge in [-0.2, -0.15) is 0 Å². The Morgan fingerprint density at radius 3 is 1.31 bits per heavy atom. The second kappa shape index (κ2) is 19.3. The van der Waals surface area contributed by atoms with Crippen LogP contribution in [-0.2, 0) is 49.0 Å². The fourth-order valence-electron chi connectivity index (χ4n) is 8.08. The van der Waals surface area contributed by atoms with Gasteiger partial charge >= 0.3 is 16.5 Å². The van der Waals surface area contributed by atoms with Crippen molar-refractivity contribution in [1.82, 2.24) is 0 Å². The van der Waals surface area contributed by atoms with Crippen LogP contribution in [0, 0.1) is 0 Å². The third-order valence-electron chi connectivity index (χ3n) is 12.1. The molecule has 0 spiro atoms. The van der Waals surface area contributed by atoms with Gasteiger partial charge in [0, 0.05) is 5.56 Å². The van der Waals surface area contributed by atoms with Crippen LogP contribution in [0.5, 0.6) is 34.5 Å². The number of ether oxygens (including phenoxy) is 2. The first-order valence-corrected chi connectivity index (χ1v) is 23.4. The summed E-state index contributed by atoms with van der Waals surface area (Å²) in [5, 5.41) is 26.6. The van der Waals surface area contributed by atoms with Gasteiger partial charge in [-0.3, -0.25) is 9.98 Å². The Labute approximate surface area is 405 Å². The van der Waals surface area contributed by atoms with Crippen LogP contribution in [0.15, 0.2) is 58.5 Å². The summed E-state index contributed by atoms with van der Waals surface area (Å²) in [5.41, 5.74) is 10.8. The van der Waals surface area contributed by atoms with E-state index in [4.69, 9.17) is 19.5 Å². The maximum atomic E-state index is 13.3. The van der Waals surface area contributed by atoms with Gasteiger partial charge in [0.1, 0.15) is 0 Å². The van der Waals surface area contributed by atoms with E-state index in [2.05, 4.69) is 167 Å². The molecule has 0 aromatic heterocycles. The summed E-state index contributed by atoms with van der Waals surface area (Å²) in [6.07, 6.45) is 0. The first-order chi connectivity index (χ1) is 28.9. The Balaban J connectivity index is 0.000000340. The van der Waals surface area contributed by atoms with Crippen LogP contribution >= 0.6 is 0 Å². The summed E-state index contributed by atoms with van der Waals surface area (Å²) in [7, 11) is 0. The SMILES string of the molecule is CC(=Nc1cc(C(C)(C)C)ccc1C(C)(C)C)C(C)=Nc1c(C(C)C)cccc1C(C)C.CC(C)(C)c1cc2c(c(C(C)(C)C)c1)Oc1c(c(C(C)(C)C)c([O-])c([O-])c1C(C)(C)C)O2.[Ni+2]. The van der Waals surface area contributed by atoms with E-state index < -0.39 is 22.3 Å². The van der Waals surface area contributed by atoms with Crippen LogP contribution in [0.3, 0.4) is 0 Å². The van der Waals surface area contributed by atoms with E-state index in [1.54, 1.807) is 0 Å². The van der Waals surface area contributed by atoms with Crippen LogP contribution in [0.1, 0.15) is 223 Å². The molecule has 7 heteroatoms. The van der Waals surface area contributed by atoms with Crippen LogP contribution in [0.4, 0.5) is 11.4 Å². The Morgan fingerprint density at radius 1 is 0.477 bits per heavy atom. The molecule has 4 aromatic carbocycles. The van der Waals surface area contributed by atoms with E-state index in [1.807, 2.05) is 47.6 Å². The average molecular weight is 930 g/mol. The van der Waals surface area contributed by atoms with Crippen LogP contribution in [0.25, 0.3) is 0 Å². The third-order valence-corrected chi connectivity index (χ3v) is 12.1. The molecule has 0 radical (unpaired) electrons. The van der Waals surface area contributed by atoms with E-state index in [0.717, 1.165) is 33.9 Å². The van der Waals surface area contributed by atoms with Crippen molar-refractivity contribution in [3.05, 3.63) is 93.0 Å². The first-order valence-electron chi connectivity index (χ1n) is 23.4. The zero-order chi connectivity index (χ0) is 49.0. The van der Waals surface area contributed by atoms with Crippen LogP contribution in [-0.4, -0.2) is 11.4 Å². The number of benzene rings is 4. The van der Waals surface area contributed by atoms with E-state index >= 15 is 0 Å². The number of aliphatic imine (C=N–C) groups is 2. The summed E-state index contributed by atoms with van der Waals surface area (Å²) in [6.45, 7) is 51.1. The Morgan fingerprint density at radius 2 is 0.908 bits per heavy atom. The molecule has 1 aliphatic heterocycles. The molecule has 4 aromatic rings. The fourth-order valence-corrected chi connectivity index (χ4v) is 8.08. The molecule has 0 saturated carbocycles. The van der Waals surface area contributed by atoms with Crippen molar-refractivity contribution in [3.63, 3.8) is 0 Å². The average Bonchev–Trinajstić information content (AvgIpc) is 3.11. The molecular weight excluding hydrogens is 847 g/mol. The molecule has 0 fully saturated rings. The number of hydrogen-bond donors (Lipinski definition) is 0. The van der Waals surface area contributed by atoms with Gasteiger partial charge < -0.3 is 19.7 Å². The maximum Gasteiger partial charge on any atom is 2.00 e. The number of fused-ring (bicyclic) bond motifs is 2. The summed E-state index contributed by atoms with van der Waals surface area (Å²) in [5.74, 6) is 1.83. The molecule has 0 saturated heterocycles. The molecule has 0 aliphatic carbocycles. The molecule has 0 amide bonds. The minimum Gasteiger partial charge on any atom is -0.873 e. The van der Waals surface area contributed by atoms with Crippen molar-refractivity contribution in [2.45, 2.75) is 210 Å². The van der Waals surface area contributed by atoms with Gasteiger partial charge in [-0.1, -0.05) is 189 Å². The van der Waals surface area contributed by atoms with Crippen molar-refractivity contribution in [1.29, 1.82) is 0 Å². The molecule has 6 nitrogen and oxygen atoms in total. The molecule has 65 heavy (non-hydrogen) atoms. The van der Waals surface area contributed by atoms with E-state index in [1.165, 1.54) is 22.3 Å². The van der Waals surface area contributed by atoms with Gasteiger partial charge in [-0.25, -0.2) is 0 Å². The molecule has 0 atom stereocenters. The normalized spacial score (nSPS) is 13.9. The molecule has 0 N–H and O–H groups in total. The summed E-state index contributed by atoms with van der Waals surface area (Å²) in [6, 6.07) is 17.5. The Bertz CT molecular complexity index is 2400. The molecule has 0 bridgehead atoms. The molecule has 1 aliphatic rings. The maximum absolute atomic E-state index is 13.3. The van der Waals surface area contributed by atoms with Gasteiger partial charge in [0.2, 0.25) is 0 Å². The molecule has 1 heterocycles. The number of nitrogens with zero attached hydrogens (tertiary/aromatic N) is 2. The van der Waals surface area contributed by atoms with Gasteiger partial charge in [0.15, 0.2) is 23.0 Å². The van der Waals surface area contributed by atoms with Gasteiger partial charge in [0.25, 0.3) is 0 Å². The van der Waals surface area contributed by atoms with Crippen LogP contribution in [0.2, 0.25) is 0 Å². The summed E-state index contributed by atoms with van der Waals surface area (Å²) in [4.78, 5) is 10.3. The molecule has 5 rings (SSSR count). The van der Waals surface area contributed by atoms with Crippen molar-refractivity contribution in [2.75, 3.05) is 0 Å². The zero-order valence-corrected chi connectivity index (χ0v) is 45.6. The van der Waals surface area contributed by atoms with Crippen LogP contribution < -0.4 is 19.7 Å². The van der Waals surface area contributed by atoms with E-state index in [0.29, 0.717) is 46.0 Å². The predicted molar refractivity (Wildman–Crippen MR) is 271 cm³/mol. The summed E-state index contributed by atoms with van der Waals surface area (Å²) < 4.78 is 13.1. The number of para-hydroxylation sites is 1. The standard InChI is InChI=1S/C30H44N2.C28H40O4.Ni/c1-19(2)24-14-13-15-25(20(3)4)28(24)32-22(6)21(5)31-27-18-23(29(7,8)9)16-17-26(27)30(10,11)12;1-25(2,3)15-13-16(26(4,5)6)22-17(14-15)31-23-18(27(7,8)9)20(29)21(30)19(24(23)32-22)28(10,11)12;/h13-20H,1-12H3;13-14,29-30H,1-12H3;/q;;+2/p-2. The molecular formula is C58H82N2NiO4. The van der Waals surface area contributed by atoms with Crippen molar-refractivity contribution < 1.29 is 36.2 Å². The predicted octanol–water partition coefficient (Wildman–Crippen LogP) is 16.3. The largest absolute Gasteiger partial charge is 2.00 e. The first kappa shape index (κ1) is 55.2. The number of hydrogen-bond acceptors (Lipinski definition) is 6. The Hall–Kier alpha value is -4.09. The second-order valence-corrected chi connectivity index (χ2v) is 24.8. The van der Waals surface area contributed by atoms with E-state index in [-0.39, 0.29) is 38.2 Å². The fraction of sp³-hybridized carbons (Fsp3) is 0.552. The van der Waals surface area contributed by atoms with Gasteiger partial charge in [0.05, 0.1) is 22.8 Å². The molecule has 358 valence electrons.